The van der Waals surface area contributed by atoms with Crippen molar-refractivity contribution in [3.8, 4) is 0 Å². The smallest absolute Gasteiger partial charge is 0.257 e. The van der Waals surface area contributed by atoms with Gasteiger partial charge in [-0.1, -0.05) is 25.7 Å². The van der Waals surface area contributed by atoms with Crippen LogP contribution in [0.25, 0.3) is 0 Å². The molecule has 2 aliphatic rings. The molecule has 0 radical (unpaired) electrons. The number of carbonyl (C=O) groups is 1. The van der Waals surface area contributed by atoms with E-state index in [1.54, 1.807) is 6.92 Å². The molecule has 0 bridgehead atoms. The van der Waals surface area contributed by atoms with Crippen LogP contribution in [-0.2, 0) is 17.1 Å². The average Bonchev–Trinajstić information content (AvgIpc) is 3.04. The van der Waals surface area contributed by atoms with Crippen molar-refractivity contribution >= 4 is 15.9 Å². The van der Waals surface area contributed by atoms with E-state index in [1.807, 2.05) is 23.4 Å². The molecule has 0 unspecified atom stereocenters. The van der Waals surface area contributed by atoms with Crippen LogP contribution in [0.2, 0.25) is 0 Å². The molecule has 0 aromatic carbocycles. The van der Waals surface area contributed by atoms with Gasteiger partial charge in [-0.3, -0.25) is 4.79 Å². The van der Waals surface area contributed by atoms with E-state index in [0.29, 0.717) is 24.3 Å². The van der Waals surface area contributed by atoms with Crippen LogP contribution in [0.1, 0.15) is 73.1 Å². The molecule has 1 N–H and O–H groups in total. The summed E-state index contributed by atoms with van der Waals surface area (Å²) in [5.41, 5.74) is 1.71. The van der Waals surface area contributed by atoms with Gasteiger partial charge in [0.25, 0.3) is 5.91 Å². The van der Waals surface area contributed by atoms with Gasteiger partial charge in [0.15, 0.2) is 0 Å². The van der Waals surface area contributed by atoms with E-state index in [4.69, 9.17) is 0 Å². The third kappa shape index (κ3) is 3.69. The topological polar surface area (TPSA) is 71.4 Å². The van der Waals surface area contributed by atoms with Crippen LogP contribution in [0.5, 0.6) is 0 Å². The maximum Gasteiger partial charge on any atom is 0.257 e. The van der Waals surface area contributed by atoms with E-state index in [-0.39, 0.29) is 16.8 Å². The van der Waals surface area contributed by atoms with E-state index in [2.05, 4.69) is 4.72 Å². The highest BCUT2D eigenvalue weighted by Gasteiger charge is 2.34. The Morgan fingerprint density at radius 3 is 2.12 bits per heavy atom. The summed E-state index contributed by atoms with van der Waals surface area (Å²) in [5, 5.41) is 0. The first kappa shape index (κ1) is 19.4. The lowest BCUT2D eigenvalue weighted by Gasteiger charge is -2.21. The lowest BCUT2D eigenvalue weighted by molar-refractivity contribution is 0.0757. The van der Waals surface area contributed by atoms with Crippen molar-refractivity contribution in [2.75, 3.05) is 13.1 Å². The van der Waals surface area contributed by atoms with Gasteiger partial charge in [-0.25, -0.2) is 13.1 Å². The van der Waals surface area contributed by atoms with Crippen molar-refractivity contribution in [3.63, 3.8) is 0 Å². The number of aromatic nitrogens is 1. The van der Waals surface area contributed by atoms with E-state index < -0.39 is 10.0 Å². The number of rotatable bonds is 4. The molecule has 1 aliphatic heterocycles. The molecule has 1 aromatic rings. The van der Waals surface area contributed by atoms with Crippen LogP contribution in [0, 0.1) is 13.8 Å². The number of nitrogens with zero attached hydrogens (tertiary/aromatic N) is 2. The summed E-state index contributed by atoms with van der Waals surface area (Å²) < 4.78 is 31.0. The molecule has 1 aliphatic carbocycles. The molecule has 3 rings (SSSR count). The van der Waals surface area contributed by atoms with Gasteiger partial charge in [-0.2, -0.15) is 0 Å². The minimum Gasteiger partial charge on any atom is -0.350 e. The monoisotopic (exact) mass is 381 g/mol. The second kappa shape index (κ2) is 7.72. The number of amides is 1. The van der Waals surface area contributed by atoms with E-state index in [1.165, 1.54) is 0 Å². The molecule has 1 saturated heterocycles. The number of sulfonamides is 1. The Morgan fingerprint density at radius 2 is 1.54 bits per heavy atom. The highest BCUT2D eigenvalue weighted by molar-refractivity contribution is 7.89. The van der Waals surface area contributed by atoms with Gasteiger partial charge >= 0.3 is 0 Å². The maximum absolute atomic E-state index is 13.3. The van der Waals surface area contributed by atoms with Gasteiger partial charge < -0.3 is 9.47 Å². The van der Waals surface area contributed by atoms with Crippen molar-refractivity contribution in [3.05, 3.63) is 17.0 Å². The molecular formula is C19H31N3O3S. The zero-order valence-corrected chi connectivity index (χ0v) is 17.0. The van der Waals surface area contributed by atoms with Crippen molar-refractivity contribution in [1.82, 2.24) is 14.2 Å². The molecule has 6 nitrogen and oxygen atoms in total. The van der Waals surface area contributed by atoms with E-state index >= 15 is 0 Å². The summed E-state index contributed by atoms with van der Waals surface area (Å²) >= 11 is 0. The normalized spacial score (nSPS) is 19.7. The van der Waals surface area contributed by atoms with Crippen LogP contribution in [0.15, 0.2) is 4.90 Å². The number of hydrogen-bond acceptors (Lipinski definition) is 3. The predicted octanol–water partition coefficient (Wildman–Crippen LogP) is 2.88. The van der Waals surface area contributed by atoms with Gasteiger partial charge in [0.2, 0.25) is 10.0 Å². The Labute approximate surface area is 157 Å². The molecule has 0 atom stereocenters. The highest BCUT2D eigenvalue weighted by Crippen LogP contribution is 2.29. The second-order valence-electron chi connectivity index (χ2n) is 7.74. The molecule has 26 heavy (non-hydrogen) atoms. The Hall–Kier alpha value is -1.34. The fourth-order valence-electron chi connectivity index (χ4n) is 4.25. The summed E-state index contributed by atoms with van der Waals surface area (Å²) in [6.07, 6.45) is 8.09. The van der Waals surface area contributed by atoms with Gasteiger partial charge in [0.1, 0.15) is 4.90 Å². The fraction of sp³-hybridized carbons (Fsp3) is 0.737. The Kier molecular flexibility index (Phi) is 5.77. The third-order valence-electron chi connectivity index (χ3n) is 5.98. The van der Waals surface area contributed by atoms with Crippen LogP contribution in [0.4, 0.5) is 0 Å². The quantitative estimate of drug-likeness (QED) is 0.872. The van der Waals surface area contributed by atoms with Crippen molar-refractivity contribution in [2.45, 2.75) is 76.2 Å². The van der Waals surface area contributed by atoms with Crippen LogP contribution in [0.3, 0.4) is 0 Å². The standard InChI is InChI=1S/C19H31N3O3S/c1-14-17(19(23)22-12-8-4-5-9-13-22)18(15(2)21(14)3)26(24,25)20-16-10-6-7-11-16/h16,20H,4-13H2,1-3H3. The summed E-state index contributed by atoms with van der Waals surface area (Å²) in [6.45, 7) is 5.05. The lowest BCUT2D eigenvalue weighted by Crippen LogP contribution is -2.36. The maximum atomic E-state index is 13.3. The highest BCUT2D eigenvalue weighted by atomic mass is 32.2. The zero-order valence-electron chi connectivity index (χ0n) is 16.2. The number of likely N-dealkylation sites (tertiary alicyclic amines) is 1. The van der Waals surface area contributed by atoms with Crippen molar-refractivity contribution < 1.29 is 13.2 Å². The molecule has 1 saturated carbocycles. The molecular weight excluding hydrogens is 350 g/mol. The zero-order chi connectivity index (χ0) is 18.9. The summed E-state index contributed by atoms with van der Waals surface area (Å²) in [6, 6.07) is -0.0129. The molecule has 146 valence electrons. The van der Waals surface area contributed by atoms with Crippen LogP contribution in [-0.4, -0.2) is 42.9 Å². The van der Waals surface area contributed by atoms with E-state index in [9.17, 15) is 13.2 Å². The first-order valence-corrected chi connectivity index (χ1v) is 11.3. The molecule has 1 aromatic heterocycles. The first-order chi connectivity index (χ1) is 12.3. The van der Waals surface area contributed by atoms with Gasteiger partial charge in [-0.05, 0) is 39.5 Å². The second-order valence-corrected chi connectivity index (χ2v) is 9.39. The lowest BCUT2D eigenvalue weighted by atomic mass is 10.2. The average molecular weight is 382 g/mol. The van der Waals surface area contributed by atoms with E-state index in [0.717, 1.165) is 57.1 Å². The third-order valence-corrected chi connectivity index (χ3v) is 7.66. The Morgan fingerprint density at radius 1 is 0.962 bits per heavy atom. The molecule has 2 heterocycles. The fourth-order valence-corrected chi connectivity index (χ4v) is 6.07. The van der Waals surface area contributed by atoms with Crippen LogP contribution < -0.4 is 4.72 Å². The van der Waals surface area contributed by atoms with Crippen molar-refractivity contribution in [2.24, 2.45) is 7.05 Å². The number of hydrogen-bond donors (Lipinski definition) is 1. The summed E-state index contributed by atoms with van der Waals surface area (Å²) in [7, 11) is -1.89. The first-order valence-electron chi connectivity index (χ1n) is 9.80. The Bertz CT molecular complexity index is 768. The van der Waals surface area contributed by atoms with Gasteiger partial charge in [0.05, 0.1) is 5.56 Å². The minimum absolute atomic E-state index is 0.0129. The summed E-state index contributed by atoms with van der Waals surface area (Å²) in [4.78, 5) is 15.3. The van der Waals surface area contributed by atoms with Gasteiger partial charge in [-0.15, -0.1) is 0 Å². The van der Waals surface area contributed by atoms with Crippen molar-refractivity contribution in [1.29, 1.82) is 0 Å². The Balaban J connectivity index is 1.99. The minimum atomic E-state index is -3.72. The number of carbonyl (C=O) groups excluding carboxylic acids is 1. The largest absolute Gasteiger partial charge is 0.350 e. The molecule has 1 amide bonds. The predicted molar refractivity (Wildman–Crippen MR) is 102 cm³/mol. The number of nitrogens with one attached hydrogen (secondary N) is 1. The molecule has 7 heteroatoms. The van der Waals surface area contributed by atoms with Crippen LogP contribution >= 0.6 is 0 Å². The summed E-state index contributed by atoms with van der Waals surface area (Å²) in [5.74, 6) is -0.139. The van der Waals surface area contributed by atoms with Gasteiger partial charge in [0, 0.05) is 37.6 Å². The molecule has 2 fully saturated rings. The molecule has 0 spiro atoms. The SMILES string of the molecule is Cc1c(C(=O)N2CCCCCC2)c(S(=O)(=O)NC2CCCC2)c(C)n1C.